The van der Waals surface area contributed by atoms with Crippen LogP contribution < -0.4 is 10.6 Å². The Kier molecular flexibility index (Phi) is 5.34. The summed E-state index contributed by atoms with van der Waals surface area (Å²) < 4.78 is 3.57. The fraction of sp³-hybridized carbons (Fsp3) is 0.556. The number of hydrogen-bond acceptors (Lipinski definition) is 5. The van der Waals surface area contributed by atoms with Gasteiger partial charge in [0.25, 0.3) is 0 Å². The molecule has 0 unspecified atom stereocenters. The smallest absolute Gasteiger partial charge is 0.326 e. The molecule has 3 N–H and O–H groups in total. The Morgan fingerprint density at radius 2 is 2.35 bits per heavy atom. The molecule has 0 spiro atoms. The highest BCUT2D eigenvalue weighted by Crippen LogP contribution is 2.09. The number of carboxylic acids is 1. The van der Waals surface area contributed by atoms with Gasteiger partial charge in [-0.15, -0.1) is 5.10 Å². The molecule has 0 radical (unpaired) electrons. The van der Waals surface area contributed by atoms with Crippen molar-refractivity contribution in [3.8, 4) is 0 Å². The molecule has 0 aliphatic rings. The summed E-state index contributed by atoms with van der Waals surface area (Å²) in [6.07, 6.45) is 3.44. The molecule has 2 amide bonds. The van der Waals surface area contributed by atoms with Gasteiger partial charge in [0.2, 0.25) is 0 Å². The van der Waals surface area contributed by atoms with Crippen LogP contribution in [0.5, 0.6) is 0 Å². The van der Waals surface area contributed by atoms with Crippen LogP contribution in [0.2, 0.25) is 0 Å². The standard InChI is InChI=1S/C9H14N4O3S/c1-2-3-4-6(8(14)15)11-9(16)12-7-5-10-13-17-7/h5-6H,2-4H2,1H3,(H,14,15)(H2,11,12,16)/t6-/m0/s1. The van der Waals surface area contributed by atoms with Gasteiger partial charge in [0.15, 0.2) is 0 Å². The highest BCUT2D eigenvalue weighted by atomic mass is 32.1. The zero-order valence-electron chi connectivity index (χ0n) is 9.34. The van der Waals surface area contributed by atoms with Crippen LogP contribution in [0.1, 0.15) is 26.2 Å². The van der Waals surface area contributed by atoms with E-state index in [1.165, 1.54) is 6.20 Å². The maximum absolute atomic E-state index is 11.5. The van der Waals surface area contributed by atoms with E-state index in [1.54, 1.807) is 0 Å². The molecular formula is C9H14N4O3S. The number of unbranched alkanes of at least 4 members (excludes halogenated alkanes) is 1. The number of amides is 2. The van der Waals surface area contributed by atoms with Crippen molar-refractivity contribution in [2.45, 2.75) is 32.2 Å². The number of hydrogen-bond donors (Lipinski definition) is 3. The zero-order chi connectivity index (χ0) is 12.7. The van der Waals surface area contributed by atoms with E-state index >= 15 is 0 Å². The molecule has 8 heteroatoms. The van der Waals surface area contributed by atoms with Crippen molar-refractivity contribution in [1.82, 2.24) is 14.9 Å². The number of anilines is 1. The molecule has 17 heavy (non-hydrogen) atoms. The van der Waals surface area contributed by atoms with Gasteiger partial charge in [-0.25, -0.2) is 9.59 Å². The van der Waals surface area contributed by atoms with Crippen LogP contribution >= 0.6 is 11.5 Å². The third-order valence-corrected chi connectivity index (χ3v) is 2.63. The van der Waals surface area contributed by atoms with Gasteiger partial charge in [-0.2, -0.15) is 0 Å². The van der Waals surface area contributed by atoms with Crippen LogP contribution in [0.25, 0.3) is 0 Å². The molecule has 0 saturated carbocycles. The predicted octanol–water partition coefficient (Wildman–Crippen LogP) is 1.30. The van der Waals surface area contributed by atoms with Gasteiger partial charge < -0.3 is 10.4 Å². The molecule has 1 aromatic heterocycles. The molecule has 1 heterocycles. The van der Waals surface area contributed by atoms with E-state index in [-0.39, 0.29) is 0 Å². The minimum atomic E-state index is -1.03. The van der Waals surface area contributed by atoms with Gasteiger partial charge in [0, 0.05) is 11.5 Å². The van der Waals surface area contributed by atoms with Crippen LogP contribution in [0.4, 0.5) is 9.80 Å². The van der Waals surface area contributed by atoms with Gasteiger partial charge in [-0.3, -0.25) is 5.32 Å². The van der Waals surface area contributed by atoms with Crippen LogP contribution in [-0.2, 0) is 4.79 Å². The number of aromatic nitrogens is 2. The van der Waals surface area contributed by atoms with Crippen molar-refractivity contribution in [1.29, 1.82) is 0 Å². The van der Waals surface area contributed by atoms with E-state index in [9.17, 15) is 9.59 Å². The van der Waals surface area contributed by atoms with Crippen molar-refractivity contribution in [2.24, 2.45) is 0 Å². The monoisotopic (exact) mass is 258 g/mol. The van der Waals surface area contributed by atoms with Crippen LogP contribution in [0.3, 0.4) is 0 Å². The molecule has 1 rings (SSSR count). The molecule has 0 saturated heterocycles. The van der Waals surface area contributed by atoms with Crippen LogP contribution in [0.15, 0.2) is 6.20 Å². The molecule has 7 nitrogen and oxygen atoms in total. The van der Waals surface area contributed by atoms with E-state index in [4.69, 9.17) is 5.11 Å². The summed E-state index contributed by atoms with van der Waals surface area (Å²) in [5.41, 5.74) is 0. The number of nitrogens with one attached hydrogen (secondary N) is 2. The summed E-state index contributed by atoms with van der Waals surface area (Å²) in [7, 11) is 0. The summed E-state index contributed by atoms with van der Waals surface area (Å²) in [6.45, 7) is 1.96. The van der Waals surface area contributed by atoms with Crippen molar-refractivity contribution in [3.63, 3.8) is 0 Å². The fourth-order valence-electron chi connectivity index (χ4n) is 1.19. The number of carbonyl (C=O) groups is 2. The number of nitrogens with zero attached hydrogens (tertiary/aromatic N) is 2. The van der Waals surface area contributed by atoms with Crippen molar-refractivity contribution < 1.29 is 14.7 Å². The van der Waals surface area contributed by atoms with Crippen molar-refractivity contribution >= 4 is 28.5 Å². The first-order valence-electron chi connectivity index (χ1n) is 5.21. The lowest BCUT2D eigenvalue weighted by Crippen LogP contribution is -2.42. The average molecular weight is 258 g/mol. The lowest BCUT2D eigenvalue weighted by atomic mass is 10.1. The number of aliphatic carboxylic acids is 1. The second-order valence-corrected chi connectivity index (χ2v) is 4.20. The Balaban J connectivity index is 2.43. The highest BCUT2D eigenvalue weighted by molar-refractivity contribution is 7.10. The molecule has 0 bridgehead atoms. The largest absolute Gasteiger partial charge is 0.480 e. The first-order valence-corrected chi connectivity index (χ1v) is 5.98. The maximum atomic E-state index is 11.5. The van der Waals surface area contributed by atoms with E-state index < -0.39 is 18.0 Å². The lowest BCUT2D eigenvalue weighted by Gasteiger charge is -2.13. The summed E-state index contributed by atoms with van der Waals surface area (Å²) in [6, 6.07) is -1.42. The van der Waals surface area contributed by atoms with E-state index in [0.29, 0.717) is 11.4 Å². The Labute approximate surface area is 102 Å². The SMILES string of the molecule is CCCC[C@H](NC(=O)Nc1cnns1)C(=O)O. The average Bonchev–Trinajstić information content (AvgIpc) is 2.76. The molecule has 0 aliphatic heterocycles. The topological polar surface area (TPSA) is 104 Å². The van der Waals surface area contributed by atoms with Crippen LogP contribution in [0, 0.1) is 0 Å². The molecule has 94 valence electrons. The van der Waals surface area contributed by atoms with Gasteiger partial charge in [0.1, 0.15) is 11.0 Å². The summed E-state index contributed by atoms with van der Waals surface area (Å²) >= 11 is 1.02. The molecule has 0 aliphatic carbocycles. The number of carbonyl (C=O) groups excluding carboxylic acids is 1. The third kappa shape index (κ3) is 4.77. The second-order valence-electron chi connectivity index (χ2n) is 3.41. The van der Waals surface area contributed by atoms with Gasteiger partial charge in [-0.05, 0) is 6.42 Å². The first-order chi connectivity index (χ1) is 8.13. The van der Waals surface area contributed by atoms with E-state index in [2.05, 4.69) is 20.2 Å². The normalized spacial score (nSPS) is 11.8. The summed E-state index contributed by atoms with van der Waals surface area (Å²) in [5.74, 6) is -1.03. The second kappa shape index (κ2) is 6.79. The number of carboxylic acid groups (broad SMARTS) is 1. The zero-order valence-corrected chi connectivity index (χ0v) is 10.2. The van der Waals surface area contributed by atoms with E-state index in [0.717, 1.165) is 24.4 Å². The molecule has 1 aromatic rings. The summed E-state index contributed by atoms with van der Waals surface area (Å²) in [5, 5.41) is 17.8. The predicted molar refractivity (Wildman–Crippen MR) is 63.0 cm³/mol. The minimum Gasteiger partial charge on any atom is -0.480 e. The minimum absolute atomic E-state index is 0.417. The Bertz CT molecular complexity index is 368. The highest BCUT2D eigenvalue weighted by Gasteiger charge is 2.19. The third-order valence-electron chi connectivity index (χ3n) is 2.05. The van der Waals surface area contributed by atoms with Crippen molar-refractivity contribution in [3.05, 3.63) is 6.20 Å². The quantitative estimate of drug-likeness (QED) is 0.713. The maximum Gasteiger partial charge on any atom is 0.326 e. The van der Waals surface area contributed by atoms with Gasteiger partial charge in [-0.1, -0.05) is 24.3 Å². The lowest BCUT2D eigenvalue weighted by molar-refractivity contribution is -0.139. The molecule has 1 atom stereocenters. The molecule has 0 aromatic carbocycles. The van der Waals surface area contributed by atoms with Crippen LogP contribution in [-0.4, -0.2) is 32.7 Å². The molecule has 0 fully saturated rings. The fourth-order valence-corrected chi connectivity index (χ4v) is 1.61. The Hall–Kier alpha value is -1.70. The van der Waals surface area contributed by atoms with Gasteiger partial charge in [0.05, 0.1) is 6.20 Å². The number of urea groups is 1. The Morgan fingerprint density at radius 3 is 2.88 bits per heavy atom. The van der Waals surface area contributed by atoms with Crippen molar-refractivity contribution in [2.75, 3.05) is 5.32 Å². The van der Waals surface area contributed by atoms with E-state index in [1.807, 2.05) is 6.92 Å². The molecular weight excluding hydrogens is 244 g/mol. The summed E-state index contributed by atoms with van der Waals surface area (Å²) in [4.78, 5) is 22.3. The number of rotatable bonds is 6. The first kappa shape index (κ1) is 13.4. The van der Waals surface area contributed by atoms with Gasteiger partial charge >= 0.3 is 12.0 Å². The Morgan fingerprint density at radius 1 is 1.59 bits per heavy atom.